The molecule has 2 N–H and O–H groups in total. The van der Waals surface area contributed by atoms with E-state index < -0.39 is 17.3 Å². The van der Waals surface area contributed by atoms with Crippen LogP contribution in [-0.4, -0.2) is 4.40 Å². The minimum absolute atomic E-state index is 0.258. The van der Waals surface area contributed by atoms with Gasteiger partial charge >= 0.3 is 6.18 Å². The van der Waals surface area contributed by atoms with Gasteiger partial charge in [-0.25, -0.2) is 0 Å². The van der Waals surface area contributed by atoms with Crippen molar-refractivity contribution in [1.29, 1.82) is 0 Å². The quantitative estimate of drug-likeness (QED) is 0.748. The fourth-order valence-corrected chi connectivity index (χ4v) is 1.41. The molecule has 0 aliphatic heterocycles. The first-order valence-corrected chi connectivity index (χ1v) is 4.38. The third-order valence-electron chi connectivity index (χ3n) is 2.21. The zero-order valence-corrected chi connectivity index (χ0v) is 7.95. The molecule has 2 aromatic heterocycles. The van der Waals surface area contributed by atoms with E-state index in [1.165, 1.54) is 12.1 Å². The summed E-state index contributed by atoms with van der Waals surface area (Å²) >= 11 is 0. The predicted octanol–water partition coefficient (Wildman–Crippen LogP) is 1.90. The molecule has 6 heteroatoms. The topological polar surface area (TPSA) is 47.5 Å². The van der Waals surface area contributed by atoms with Gasteiger partial charge in [0.25, 0.3) is 5.56 Å². The van der Waals surface area contributed by atoms with Crippen LogP contribution in [-0.2, 0) is 6.18 Å². The number of pyridine rings is 2. The molecule has 0 fully saturated rings. The highest BCUT2D eigenvalue weighted by Gasteiger charge is 2.30. The van der Waals surface area contributed by atoms with Crippen molar-refractivity contribution < 1.29 is 13.2 Å². The van der Waals surface area contributed by atoms with Crippen molar-refractivity contribution in [3.05, 3.63) is 46.4 Å². The van der Waals surface area contributed by atoms with Crippen LogP contribution in [0.4, 0.5) is 18.9 Å². The van der Waals surface area contributed by atoms with Crippen LogP contribution in [0.2, 0.25) is 0 Å². The predicted molar refractivity (Wildman–Crippen MR) is 53.1 cm³/mol. The van der Waals surface area contributed by atoms with E-state index in [4.69, 9.17) is 5.73 Å². The summed E-state index contributed by atoms with van der Waals surface area (Å²) < 4.78 is 38.1. The molecule has 0 aromatic carbocycles. The molecule has 0 radical (unpaired) electrons. The molecule has 0 spiro atoms. The largest absolute Gasteiger partial charge is 0.417 e. The number of nitrogens with zero attached hydrogens (tertiary/aromatic N) is 1. The summed E-state index contributed by atoms with van der Waals surface area (Å²) in [5, 5.41) is 0. The monoisotopic (exact) mass is 228 g/mol. The third kappa shape index (κ3) is 1.62. The molecule has 0 bridgehead atoms. The van der Waals surface area contributed by atoms with Gasteiger partial charge in [0.15, 0.2) is 0 Å². The summed E-state index contributed by atoms with van der Waals surface area (Å²) in [5.41, 5.74) is 4.64. The number of rotatable bonds is 0. The zero-order chi connectivity index (χ0) is 11.9. The van der Waals surface area contributed by atoms with Gasteiger partial charge in [-0.15, -0.1) is 0 Å². The third-order valence-corrected chi connectivity index (χ3v) is 2.21. The van der Waals surface area contributed by atoms with E-state index in [0.29, 0.717) is 0 Å². The first-order valence-electron chi connectivity index (χ1n) is 4.38. The minimum Gasteiger partial charge on any atom is -0.397 e. The van der Waals surface area contributed by atoms with E-state index in [-0.39, 0.29) is 11.2 Å². The highest BCUT2D eigenvalue weighted by molar-refractivity contribution is 5.69. The van der Waals surface area contributed by atoms with Crippen molar-refractivity contribution in [3.8, 4) is 0 Å². The van der Waals surface area contributed by atoms with Crippen LogP contribution in [0, 0.1) is 0 Å². The van der Waals surface area contributed by atoms with Gasteiger partial charge in [-0.05, 0) is 18.2 Å². The highest BCUT2D eigenvalue weighted by atomic mass is 19.4. The molecule has 0 saturated carbocycles. The van der Waals surface area contributed by atoms with Gasteiger partial charge in [-0.2, -0.15) is 13.2 Å². The fraction of sp³-hybridized carbons (Fsp3) is 0.100. The maximum Gasteiger partial charge on any atom is 0.417 e. The Hall–Kier alpha value is -1.98. The zero-order valence-electron chi connectivity index (χ0n) is 7.95. The highest BCUT2D eigenvalue weighted by Crippen LogP contribution is 2.29. The van der Waals surface area contributed by atoms with Crippen LogP contribution in [0.15, 0.2) is 35.3 Å². The second-order valence-corrected chi connectivity index (χ2v) is 3.30. The molecule has 0 saturated heterocycles. The molecule has 0 unspecified atom stereocenters. The molecule has 0 aliphatic carbocycles. The first-order chi connectivity index (χ1) is 7.39. The van der Waals surface area contributed by atoms with E-state index in [1.807, 2.05) is 0 Å². The van der Waals surface area contributed by atoms with Gasteiger partial charge in [-0.3, -0.25) is 9.20 Å². The second kappa shape index (κ2) is 3.26. The van der Waals surface area contributed by atoms with Crippen molar-refractivity contribution in [2.24, 2.45) is 0 Å². The Morgan fingerprint density at radius 1 is 1.12 bits per heavy atom. The molecular weight excluding hydrogens is 221 g/mol. The van der Waals surface area contributed by atoms with Crippen LogP contribution in [0.25, 0.3) is 5.52 Å². The summed E-state index contributed by atoms with van der Waals surface area (Å²) in [7, 11) is 0. The standard InChI is InChI=1S/C10H7F3N2O/c11-10(12,13)6-1-3-8-7(14)2-4-9(16)15(8)5-6/h1-5H,14H2. The number of halogens is 3. The Labute approximate surface area is 87.9 Å². The van der Waals surface area contributed by atoms with Gasteiger partial charge in [0.05, 0.1) is 16.8 Å². The normalized spacial score (nSPS) is 11.9. The summed E-state index contributed by atoms with van der Waals surface area (Å²) in [6.45, 7) is 0. The molecule has 2 heterocycles. The van der Waals surface area contributed by atoms with E-state index in [2.05, 4.69) is 0 Å². The molecule has 2 aromatic rings. The lowest BCUT2D eigenvalue weighted by Crippen LogP contribution is -2.16. The number of alkyl halides is 3. The molecule has 0 amide bonds. The Balaban J connectivity index is 2.81. The van der Waals surface area contributed by atoms with Crippen LogP contribution in [0.1, 0.15) is 5.56 Å². The Morgan fingerprint density at radius 2 is 1.81 bits per heavy atom. The summed E-state index contributed by atoms with van der Waals surface area (Å²) in [5.74, 6) is 0. The van der Waals surface area contributed by atoms with E-state index in [9.17, 15) is 18.0 Å². The SMILES string of the molecule is Nc1ccc(=O)n2cc(C(F)(F)F)ccc12. The van der Waals surface area contributed by atoms with Gasteiger partial charge in [-0.1, -0.05) is 0 Å². The molecule has 84 valence electrons. The first kappa shape index (κ1) is 10.5. The molecule has 2 rings (SSSR count). The van der Waals surface area contributed by atoms with Crippen molar-refractivity contribution in [3.63, 3.8) is 0 Å². The smallest absolute Gasteiger partial charge is 0.397 e. The summed E-state index contributed by atoms with van der Waals surface area (Å²) in [6.07, 6.45) is -3.73. The molecule has 0 atom stereocenters. The Morgan fingerprint density at radius 3 is 2.44 bits per heavy atom. The minimum atomic E-state index is -4.47. The molecular formula is C10H7F3N2O. The van der Waals surface area contributed by atoms with Gasteiger partial charge in [0.2, 0.25) is 0 Å². The average molecular weight is 228 g/mol. The van der Waals surface area contributed by atoms with Crippen molar-refractivity contribution in [1.82, 2.24) is 4.40 Å². The number of nitrogen functional groups attached to an aromatic ring is 1. The number of fused-ring (bicyclic) bond motifs is 1. The Kier molecular flexibility index (Phi) is 2.15. The average Bonchev–Trinajstić information content (AvgIpc) is 2.22. The number of anilines is 1. The fourth-order valence-electron chi connectivity index (χ4n) is 1.41. The van der Waals surface area contributed by atoms with Crippen LogP contribution in [0.3, 0.4) is 0 Å². The van der Waals surface area contributed by atoms with Crippen molar-refractivity contribution >= 4 is 11.2 Å². The van der Waals surface area contributed by atoms with Crippen molar-refractivity contribution in [2.75, 3.05) is 5.73 Å². The van der Waals surface area contributed by atoms with E-state index in [0.717, 1.165) is 22.7 Å². The maximum absolute atomic E-state index is 12.4. The molecule has 16 heavy (non-hydrogen) atoms. The van der Waals surface area contributed by atoms with Gasteiger partial charge < -0.3 is 5.73 Å². The van der Waals surface area contributed by atoms with Gasteiger partial charge in [0.1, 0.15) is 0 Å². The van der Waals surface area contributed by atoms with Crippen LogP contribution >= 0.6 is 0 Å². The van der Waals surface area contributed by atoms with Crippen LogP contribution in [0.5, 0.6) is 0 Å². The number of nitrogens with two attached hydrogens (primary N) is 1. The number of aromatic nitrogens is 1. The van der Waals surface area contributed by atoms with E-state index in [1.54, 1.807) is 0 Å². The Bertz CT molecular complexity index is 601. The molecule has 0 aliphatic rings. The van der Waals surface area contributed by atoms with Gasteiger partial charge in [0, 0.05) is 12.3 Å². The maximum atomic E-state index is 12.4. The molecule has 3 nitrogen and oxygen atoms in total. The van der Waals surface area contributed by atoms with Crippen molar-refractivity contribution in [2.45, 2.75) is 6.18 Å². The van der Waals surface area contributed by atoms with Crippen LogP contribution < -0.4 is 11.3 Å². The lowest BCUT2D eigenvalue weighted by Gasteiger charge is -2.09. The number of hydrogen-bond acceptors (Lipinski definition) is 2. The summed E-state index contributed by atoms with van der Waals surface area (Å²) in [6, 6.07) is 4.57. The lowest BCUT2D eigenvalue weighted by molar-refractivity contribution is -0.137. The lowest BCUT2D eigenvalue weighted by atomic mass is 10.2. The summed E-state index contributed by atoms with van der Waals surface area (Å²) in [4.78, 5) is 11.4. The van der Waals surface area contributed by atoms with E-state index >= 15 is 0 Å². The second-order valence-electron chi connectivity index (χ2n) is 3.30. The number of hydrogen-bond donors (Lipinski definition) is 1.